The minimum Gasteiger partial charge on any atom is -0.504 e. The second kappa shape index (κ2) is 7.99. The van der Waals surface area contributed by atoms with Crippen molar-refractivity contribution in [3.8, 4) is 11.5 Å². The molecule has 12 nitrogen and oxygen atoms in total. The van der Waals surface area contributed by atoms with Gasteiger partial charge in [0, 0.05) is 18.6 Å². The maximum atomic E-state index is 12.3. The molecule has 0 fully saturated rings. The van der Waals surface area contributed by atoms with Crippen molar-refractivity contribution >= 4 is 23.3 Å². The van der Waals surface area contributed by atoms with Gasteiger partial charge in [0.25, 0.3) is 17.3 Å². The number of carboxylic acid groups (broad SMARTS) is 1. The van der Waals surface area contributed by atoms with Gasteiger partial charge in [-0.25, -0.2) is 4.79 Å². The molecule has 0 radical (unpaired) electrons. The number of carboxylic acids is 1. The Balaban J connectivity index is 2.29. The third kappa shape index (κ3) is 4.69. The number of nitrogens with one attached hydrogen (secondary N) is 1. The van der Waals surface area contributed by atoms with Gasteiger partial charge in [0.15, 0.2) is 11.5 Å². The van der Waals surface area contributed by atoms with E-state index in [1.807, 2.05) is 0 Å². The first kappa shape index (κ1) is 20.1. The standard InChI is InChI=1S/C16H13N3O9/c20-13-2-1-8(4-14(13)21)3-12(16(23)24)17-15(22)9-5-10(18(25)26)7-11(6-9)19(27)28/h1-2,4-7,12,20-21H,3H2,(H,17,22)(H,23,24)/t12-/m0/s1. The first-order valence-corrected chi connectivity index (χ1v) is 7.57. The lowest BCUT2D eigenvalue weighted by atomic mass is 10.0. The highest BCUT2D eigenvalue weighted by Crippen LogP contribution is 2.26. The second-order valence-corrected chi connectivity index (χ2v) is 5.64. The van der Waals surface area contributed by atoms with Gasteiger partial charge in [0.2, 0.25) is 0 Å². The maximum absolute atomic E-state index is 12.3. The highest BCUT2D eigenvalue weighted by Gasteiger charge is 2.25. The summed E-state index contributed by atoms with van der Waals surface area (Å²) in [7, 11) is 0. The molecule has 1 atom stereocenters. The van der Waals surface area contributed by atoms with Gasteiger partial charge in [-0.2, -0.15) is 0 Å². The monoisotopic (exact) mass is 391 g/mol. The lowest BCUT2D eigenvalue weighted by Crippen LogP contribution is -2.42. The Kier molecular flexibility index (Phi) is 5.73. The lowest BCUT2D eigenvalue weighted by Gasteiger charge is -2.15. The number of nitro groups is 2. The Morgan fingerprint density at radius 2 is 1.54 bits per heavy atom. The number of rotatable bonds is 7. The molecule has 0 aliphatic rings. The molecule has 2 aromatic carbocycles. The van der Waals surface area contributed by atoms with Crippen LogP contribution in [0.5, 0.6) is 11.5 Å². The fourth-order valence-electron chi connectivity index (χ4n) is 2.31. The minimum absolute atomic E-state index is 0.271. The number of nitro benzene ring substituents is 2. The van der Waals surface area contributed by atoms with Crippen molar-refractivity contribution in [1.29, 1.82) is 0 Å². The Morgan fingerprint density at radius 1 is 0.964 bits per heavy atom. The van der Waals surface area contributed by atoms with Crippen molar-refractivity contribution in [2.24, 2.45) is 0 Å². The molecule has 0 aliphatic carbocycles. The summed E-state index contributed by atoms with van der Waals surface area (Å²) in [5, 5.41) is 51.9. The zero-order chi connectivity index (χ0) is 21.0. The highest BCUT2D eigenvalue weighted by atomic mass is 16.6. The van der Waals surface area contributed by atoms with E-state index in [1.165, 1.54) is 6.07 Å². The molecule has 146 valence electrons. The molecule has 0 saturated carbocycles. The molecule has 0 aliphatic heterocycles. The Morgan fingerprint density at radius 3 is 2.00 bits per heavy atom. The van der Waals surface area contributed by atoms with E-state index in [2.05, 4.69) is 5.32 Å². The molecule has 0 spiro atoms. The minimum atomic E-state index is -1.50. The third-order valence-electron chi connectivity index (χ3n) is 3.67. The molecule has 2 aromatic rings. The molecular formula is C16H13N3O9. The summed E-state index contributed by atoms with van der Waals surface area (Å²) < 4.78 is 0. The molecule has 28 heavy (non-hydrogen) atoms. The Bertz CT molecular complexity index is 942. The number of nitrogens with zero attached hydrogens (tertiary/aromatic N) is 2. The highest BCUT2D eigenvalue weighted by molar-refractivity contribution is 5.97. The van der Waals surface area contributed by atoms with Gasteiger partial charge in [-0.3, -0.25) is 25.0 Å². The molecule has 0 aromatic heterocycles. The quantitative estimate of drug-likeness (QED) is 0.306. The maximum Gasteiger partial charge on any atom is 0.326 e. The van der Waals surface area contributed by atoms with Crippen LogP contribution in [0.25, 0.3) is 0 Å². The number of hydrogen-bond donors (Lipinski definition) is 4. The predicted molar refractivity (Wildman–Crippen MR) is 92.1 cm³/mol. The van der Waals surface area contributed by atoms with E-state index in [9.17, 15) is 45.1 Å². The van der Waals surface area contributed by atoms with Crippen molar-refractivity contribution in [2.75, 3.05) is 0 Å². The van der Waals surface area contributed by atoms with E-state index in [1.54, 1.807) is 0 Å². The zero-order valence-electron chi connectivity index (χ0n) is 13.9. The normalized spacial score (nSPS) is 11.4. The third-order valence-corrected chi connectivity index (χ3v) is 3.67. The Hall–Kier alpha value is -4.22. The van der Waals surface area contributed by atoms with Crippen LogP contribution < -0.4 is 5.32 Å². The number of aromatic hydroxyl groups is 2. The number of benzene rings is 2. The van der Waals surface area contributed by atoms with Gasteiger partial charge in [0.05, 0.1) is 21.5 Å². The first-order chi connectivity index (χ1) is 13.1. The molecule has 0 unspecified atom stereocenters. The number of phenolic OH excluding ortho intramolecular Hbond substituents is 2. The van der Waals surface area contributed by atoms with Crippen molar-refractivity contribution in [1.82, 2.24) is 5.32 Å². The summed E-state index contributed by atoms with van der Waals surface area (Å²) >= 11 is 0. The summed E-state index contributed by atoms with van der Waals surface area (Å²) in [5.74, 6) is -3.41. The number of aliphatic carboxylic acids is 1. The predicted octanol–water partition coefficient (Wildman–Crippen LogP) is 1.34. The fourth-order valence-corrected chi connectivity index (χ4v) is 2.31. The van der Waals surface area contributed by atoms with Gasteiger partial charge in [0.1, 0.15) is 6.04 Å². The zero-order valence-corrected chi connectivity index (χ0v) is 13.9. The van der Waals surface area contributed by atoms with Gasteiger partial charge in [-0.15, -0.1) is 0 Å². The van der Waals surface area contributed by atoms with Gasteiger partial charge >= 0.3 is 5.97 Å². The van der Waals surface area contributed by atoms with Crippen LogP contribution in [0.2, 0.25) is 0 Å². The van der Waals surface area contributed by atoms with Crippen LogP contribution in [0.1, 0.15) is 15.9 Å². The molecule has 4 N–H and O–H groups in total. The number of hydrogen-bond acceptors (Lipinski definition) is 8. The molecule has 0 saturated heterocycles. The molecular weight excluding hydrogens is 378 g/mol. The number of carbonyl (C=O) groups is 2. The molecule has 0 bridgehead atoms. The number of amides is 1. The van der Waals surface area contributed by atoms with Gasteiger partial charge in [-0.05, 0) is 17.7 Å². The average Bonchev–Trinajstić information content (AvgIpc) is 2.63. The Labute approximate surface area is 156 Å². The summed E-state index contributed by atoms with van der Waals surface area (Å²) in [6, 6.07) is 4.31. The molecule has 2 rings (SSSR count). The molecule has 1 amide bonds. The van der Waals surface area contributed by atoms with Crippen LogP contribution in [-0.4, -0.2) is 43.1 Å². The van der Waals surface area contributed by atoms with E-state index >= 15 is 0 Å². The lowest BCUT2D eigenvalue weighted by molar-refractivity contribution is -0.394. The summed E-state index contributed by atoms with van der Waals surface area (Å²) in [6.45, 7) is 0. The molecule has 0 heterocycles. The van der Waals surface area contributed by atoms with Crippen LogP contribution in [0, 0.1) is 20.2 Å². The van der Waals surface area contributed by atoms with Crippen LogP contribution in [0.3, 0.4) is 0 Å². The summed E-state index contributed by atoms with van der Waals surface area (Å²) in [5.41, 5.74) is -1.59. The first-order valence-electron chi connectivity index (χ1n) is 7.57. The van der Waals surface area contributed by atoms with Crippen LogP contribution in [-0.2, 0) is 11.2 Å². The smallest absolute Gasteiger partial charge is 0.326 e. The van der Waals surface area contributed by atoms with Crippen LogP contribution in [0.4, 0.5) is 11.4 Å². The number of carbonyl (C=O) groups excluding carboxylic acids is 1. The van der Waals surface area contributed by atoms with Crippen LogP contribution >= 0.6 is 0 Å². The molecule has 12 heteroatoms. The van der Waals surface area contributed by atoms with Crippen molar-refractivity contribution in [3.63, 3.8) is 0 Å². The number of phenols is 2. The van der Waals surface area contributed by atoms with E-state index in [4.69, 9.17) is 0 Å². The van der Waals surface area contributed by atoms with Crippen LogP contribution in [0.15, 0.2) is 36.4 Å². The SMILES string of the molecule is O=C(N[C@@H](Cc1ccc(O)c(O)c1)C(=O)O)c1cc([N+](=O)[O-])cc([N+](=O)[O-])c1. The fraction of sp³-hybridized carbons (Fsp3) is 0.125. The van der Waals surface area contributed by atoms with Gasteiger partial charge < -0.3 is 20.6 Å². The topological polar surface area (TPSA) is 193 Å². The summed E-state index contributed by atoms with van der Waals surface area (Å²) in [4.78, 5) is 43.7. The van der Waals surface area contributed by atoms with E-state index in [-0.39, 0.29) is 12.0 Å². The average molecular weight is 391 g/mol. The van der Waals surface area contributed by atoms with E-state index in [0.717, 1.165) is 24.3 Å². The van der Waals surface area contributed by atoms with E-state index in [0.29, 0.717) is 6.07 Å². The van der Waals surface area contributed by atoms with Gasteiger partial charge in [-0.1, -0.05) is 6.07 Å². The van der Waals surface area contributed by atoms with Crippen molar-refractivity contribution in [3.05, 3.63) is 67.8 Å². The number of non-ortho nitro benzene ring substituents is 2. The van der Waals surface area contributed by atoms with Crippen molar-refractivity contribution in [2.45, 2.75) is 12.5 Å². The second-order valence-electron chi connectivity index (χ2n) is 5.64. The summed E-state index contributed by atoms with van der Waals surface area (Å²) in [6.07, 6.45) is -0.286. The largest absolute Gasteiger partial charge is 0.504 e. The van der Waals surface area contributed by atoms with Crippen molar-refractivity contribution < 1.29 is 34.8 Å². The van der Waals surface area contributed by atoms with E-state index < -0.39 is 56.2 Å².